The van der Waals surface area contributed by atoms with E-state index in [0.29, 0.717) is 5.92 Å². The van der Waals surface area contributed by atoms with Crippen molar-refractivity contribution in [2.45, 2.75) is 32.7 Å². The Labute approximate surface area is 97.0 Å². The van der Waals surface area contributed by atoms with E-state index < -0.39 is 0 Å². The van der Waals surface area contributed by atoms with Crippen LogP contribution in [0.5, 0.6) is 0 Å². The number of aliphatic hydroxyl groups excluding tert-OH is 1. The molecule has 0 aliphatic carbocycles. The lowest BCUT2D eigenvalue weighted by Crippen LogP contribution is -2.48. The summed E-state index contributed by atoms with van der Waals surface area (Å²) in [4.78, 5) is 14.4. The van der Waals surface area contributed by atoms with Gasteiger partial charge in [0.1, 0.15) is 0 Å². The number of hydrogen-bond acceptors (Lipinski definition) is 3. The van der Waals surface area contributed by atoms with Crippen molar-refractivity contribution in [2.24, 2.45) is 11.3 Å². The Morgan fingerprint density at radius 3 is 2.94 bits per heavy atom. The number of likely N-dealkylation sites (tertiary alicyclic amines) is 1. The van der Waals surface area contributed by atoms with E-state index in [0.717, 1.165) is 32.5 Å². The summed E-state index contributed by atoms with van der Waals surface area (Å²) in [6, 6.07) is 0.0323. The largest absolute Gasteiger partial charge is 0.394 e. The SMILES string of the molecule is CC1CCN(C(=O)C2(C)CCNC2)C1CO. The lowest BCUT2D eigenvalue weighted by atomic mass is 9.87. The average Bonchev–Trinajstić information content (AvgIpc) is 2.84. The fourth-order valence-corrected chi connectivity index (χ4v) is 2.88. The van der Waals surface area contributed by atoms with Crippen molar-refractivity contribution in [1.29, 1.82) is 0 Å². The van der Waals surface area contributed by atoms with Gasteiger partial charge in [-0.3, -0.25) is 4.79 Å². The summed E-state index contributed by atoms with van der Waals surface area (Å²) in [5.41, 5.74) is -0.252. The van der Waals surface area contributed by atoms with E-state index >= 15 is 0 Å². The first kappa shape index (κ1) is 11.9. The summed E-state index contributed by atoms with van der Waals surface area (Å²) >= 11 is 0. The van der Waals surface area contributed by atoms with Gasteiger partial charge in [-0.05, 0) is 32.2 Å². The molecule has 0 saturated carbocycles. The molecule has 2 heterocycles. The highest BCUT2D eigenvalue weighted by molar-refractivity contribution is 5.83. The highest BCUT2D eigenvalue weighted by atomic mass is 16.3. The molecule has 4 nitrogen and oxygen atoms in total. The second kappa shape index (κ2) is 4.34. The number of nitrogens with zero attached hydrogens (tertiary/aromatic N) is 1. The van der Waals surface area contributed by atoms with Crippen LogP contribution < -0.4 is 5.32 Å². The number of hydrogen-bond donors (Lipinski definition) is 2. The zero-order valence-corrected chi connectivity index (χ0v) is 10.2. The zero-order valence-electron chi connectivity index (χ0n) is 10.2. The first-order chi connectivity index (χ1) is 7.58. The molecule has 0 aromatic carbocycles. The first-order valence-corrected chi connectivity index (χ1v) is 6.21. The number of nitrogens with one attached hydrogen (secondary N) is 1. The van der Waals surface area contributed by atoms with Crippen LogP contribution in [0.4, 0.5) is 0 Å². The van der Waals surface area contributed by atoms with Crippen LogP contribution >= 0.6 is 0 Å². The van der Waals surface area contributed by atoms with Crippen molar-refractivity contribution >= 4 is 5.91 Å². The van der Waals surface area contributed by atoms with Crippen LogP contribution in [0.2, 0.25) is 0 Å². The van der Waals surface area contributed by atoms with Crippen LogP contribution in [-0.2, 0) is 4.79 Å². The number of aliphatic hydroxyl groups is 1. The quantitative estimate of drug-likeness (QED) is 0.708. The number of rotatable bonds is 2. The topological polar surface area (TPSA) is 52.6 Å². The molecule has 0 aromatic heterocycles. The summed E-state index contributed by atoms with van der Waals surface area (Å²) in [6.45, 7) is 6.75. The Bertz CT molecular complexity index is 274. The molecule has 1 amide bonds. The fourth-order valence-electron chi connectivity index (χ4n) is 2.88. The molecule has 4 heteroatoms. The van der Waals surface area contributed by atoms with Gasteiger partial charge in [0.25, 0.3) is 0 Å². The second-order valence-electron chi connectivity index (χ2n) is 5.50. The van der Waals surface area contributed by atoms with Crippen molar-refractivity contribution in [3.8, 4) is 0 Å². The molecule has 0 bridgehead atoms. The van der Waals surface area contributed by atoms with Gasteiger partial charge in [0.2, 0.25) is 5.91 Å². The van der Waals surface area contributed by atoms with Crippen molar-refractivity contribution in [3.05, 3.63) is 0 Å². The van der Waals surface area contributed by atoms with Gasteiger partial charge in [0.15, 0.2) is 0 Å². The van der Waals surface area contributed by atoms with Gasteiger partial charge >= 0.3 is 0 Å². The van der Waals surface area contributed by atoms with E-state index in [9.17, 15) is 9.90 Å². The first-order valence-electron chi connectivity index (χ1n) is 6.21. The van der Waals surface area contributed by atoms with Crippen LogP contribution in [0.3, 0.4) is 0 Å². The van der Waals surface area contributed by atoms with Gasteiger partial charge in [0.05, 0.1) is 18.1 Å². The molecule has 2 aliphatic rings. The lowest BCUT2D eigenvalue weighted by molar-refractivity contribution is -0.142. The standard InChI is InChI=1S/C12H22N2O2/c1-9-3-6-14(10(9)7-15)11(16)12(2)4-5-13-8-12/h9-10,13,15H,3-8H2,1-2H3. The molecule has 2 rings (SSSR count). The third-order valence-electron chi connectivity index (χ3n) is 4.22. The fraction of sp³-hybridized carbons (Fsp3) is 0.917. The summed E-state index contributed by atoms with van der Waals surface area (Å²) in [5, 5.41) is 12.6. The molecular formula is C12H22N2O2. The molecule has 2 N–H and O–H groups in total. The molecular weight excluding hydrogens is 204 g/mol. The van der Waals surface area contributed by atoms with Gasteiger partial charge in [-0.15, -0.1) is 0 Å². The molecule has 3 atom stereocenters. The van der Waals surface area contributed by atoms with Gasteiger partial charge < -0.3 is 15.3 Å². The van der Waals surface area contributed by atoms with Crippen molar-refractivity contribution < 1.29 is 9.90 Å². The second-order valence-corrected chi connectivity index (χ2v) is 5.50. The molecule has 2 saturated heterocycles. The summed E-state index contributed by atoms with van der Waals surface area (Å²) in [7, 11) is 0. The minimum atomic E-state index is -0.252. The molecule has 92 valence electrons. The summed E-state index contributed by atoms with van der Waals surface area (Å²) < 4.78 is 0. The third-order valence-corrected chi connectivity index (χ3v) is 4.22. The predicted octanol–water partition coefficient (Wildman–Crippen LogP) is 0.215. The highest BCUT2D eigenvalue weighted by Gasteiger charge is 2.44. The van der Waals surface area contributed by atoms with E-state index in [4.69, 9.17) is 0 Å². The third kappa shape index (κ3) is 1.84. The molecule has 0 spiro atoms. The van der Waals surface area contributed by atoms with E-state index in [1.807, 2.05) is 11.8 Å². The Balaban J connectivity index is 2.09. The maximum absolute atomic E-state index is 12.5. The van der Waals surface area contributed by atoms with Crippen LogP contribution in [-0.4, -0.2) is 48.2 Å². The number of amides is 1. The van der Waals surface area contributed by atoms with Crippen LogP contribution in [0, 0.1) is 11.3 Å². The number of carbonyl (C=O) groups excluding carboxylic acids is 1. The van der Waals surface area contributed by atoms with Gasteiger partial charge in [-0.1, -0.05) is 6.92 Å². The number of carbonyl (C=O) groups is 1. The van der Waals surface area contributed by atoms with Gasteiger partial charge in [-0.25, -0.2) is 0 Å². The lowest BCUT2D eigenvalue weighted by Gasteiger charge is -2.32. The van der Waals surface area contributed by atoms with E-state index in [1.165, 1.54) is 0 Å². The Morgan fingerprint density at radius 1 is 1.62 bits per heavy atom. The van der Waals surface area contributed by atoms with E-state index in [-0.39, 0.29) is 24.0 Å². The smallest absolute Gasteiger partial charge is 0.230 e. The van der Waals surface area contributed by atoms with E-state index in [2.05, 4.69) is 12.2 Å². The molecule has 16 heavy (non-hydrogen) atoms. The maximum Gasteiger partial charge on any atom is 0.230 e. The molecule has 2 fully saturated rings. The zero-order chi connectivity index (χ0) is 11.8. The van der Waals surface area contributed by atoms with Crippen molar-refractivity contribution in [3.63, 3.8) is 0 Å². The Morgan fingerprint density at radius 2 is 2.38 bits per heavy atom. The Kier molecular flexibility index (Phi) is 3.22. The monoisotopic (exact) mass is 226 g/mol. The normalized spacial score (nSPS) is 39.3. The summed E-state index contributed by atoms with van der Waals surface area (Å²) in [6.07, 6.45) is 1.93. The molecule has 0 radical (unpaired) electrons. The predicted molar refractivity (Wildman–Crippen MR) is 62.0 cm³/mol. The minimum Gasteiger partial charge on any atom is -0.394 e. The van der Waals surface area contributed by atoms with Gasteiger partial charge in [0, 0.05) is 13.1 Å². The Hall–Kier alpha value is -0.610. The maximum atomic E-state index is 12.5. The van der Waals surface area contributed by atoms with E-state index in [1.54, 1.807) is 0 Å². The van der Waals surface area contributed by atoms with Crippen LogP contribution in [0.25, 0.3) is 0 Å². The van der Waals surface area contributed by atoms with Crippen LogP contribution in [0.15, 0.2) is 0 Å². The van der Waals surface area contributed by atoms with Gasteiger partial charge in [-0.2, -0.15) is 0 Å². The molecule has 0 aromatic rings. The van der Waals surface area contributed by atoms with Crippen molar-refractivity contribution in [2.75, 3.05) is 26.2 Å². The summed E-state index contributed by atoms with van der Waals surface area (Å²) in [5.74, 6) is 0.646. The minimum absolute atomic E-state index is 0.0323. The van der Waals surface area contributed by atoms with Crippen molar-refractivity contribution in [1.82, 2.24) is 10.2 Å². The highest BCUT2D eigenvalue weighted by Crippen LogP contribution is 2.32. The molecule has 2 aliphatic heterocycles. The average molecular weight is 226 g/mol. The van der Waals surface area contributed by atoms with Crippen LogP contribution in [0.1, 0.15) is 26.7 Å². The molecule has 3 unspecified atom stereocenters.